The van der Waals surface area contributed by atoms with Gasteiger partial charge in [-0.1, -0.05) is 0 Å². The van der Waals surface area contributed by atoms with E-state index in [0.29, 0.717) is 0 Å². The van der Waals surface area contributed by atoms with E-state index in [4.69, 9.17) is 18.8 Å². The molecule has 86 valence electrons. The number of aliphatic hydroxyl groups is 2. The molecule has 0 saturated carbocycles. The lowest BCUT2D eigenvalue weighted by molar-refractivity contribution is 0.0162. The molecule has 14 heavy (non-hydrogen) atoms. The van der Waals surface area contributed by atoms with Crippen molar-refractivity contribution < 1.29 is 28.3 Å². The molecule has 1 atom stereocenters. The van der Waals surface area contributed by atoms with Crippen LogP contribution < -0.4 is 0 Å². The van der Waals surface area contributed by atoms with Crippen LogP contribution >= 0.6 is 0 Å². The Morgan fingerprint density at radius 3 is 1.79 bits per heavy atom. The van der Waals surface area contributed by atoms with Gasteiger partial charge in [-0.25, -0.2) is 0 Å². The van der Waals surface area contributed by atoms with Crippen molar-refractivity contribution in [2.24, 2.45) is 0 Å². The Bertz CT molecular complexity index is 164. The van der Waals surface area contributed by atoms with Crippen LogP contribution in [0.25, 0.3) is 0 Å². The summed E-state index contributed by atoms with van der Waals surface area (Å²) in [4.78, 5) is 19.0. The van der Waals surface area contributed by atoms with Crippen LogP contribution in [-0.2, 0) is 8.54 Å². The minimum Gasteiger partial charge on any atom is -0.411 e. The second kappa shape index (κ2) is 5.33. The van der Waals surface area contributed by atoms with Gasteiger partial charge in [-0.15, -0.1) is 0 Å². The van der Waals surface area contributed by atoms with E-state index in [1.54, 1.807) is 0 Å². The molecule has 0 fully saturated rings. The zero-order chi connectivity index (χ0) is 11.4. The van der Waals surface area contributed by atoms with Crippen LogP contribution in [0.1, 0.15) is 0 Å². The molecule has 0 aliphatic heterocycles. The molecule has 0 aromatic heterocycles. The third-order valence-electron chi connectivity index (χ3n) is 1.23. The molecule has 0 radical (unpaired) electrons. The SMILES string of the molecule is C[Si](C)(O)O[Si](C)(O)OC(CO)CO. The Hall–Kier alpha value is 0.194. The van der Waals surface area contributed by atoms with Crippen molar-refractivity contribution in [1.82, 2.24) is 0 Å². The maximum absolute atomic E-state index is 9.63. The Labute approximate surface area is 85.3 Å². The van der Waals surface area contributed by atoms with Crippen LogP contribution in [0, 0.1) is 0 Å². The van der Waals surface area contributed by atoms with Gasteiger partial charge in [0.15, 0.2) is 0 Å². The molecule has 0 saturated heterocycles. The average molecular weight is 242 g/mol. The van der Waals surface area contributed by atoms with Crippen molar-refractivity contribution in [3.8, 4) is 0 Å². The fourth-order valence-electron chi connectivity index (χ4n) is 0.929. The molecule has 0 spiro atoms. The lowest BCUT2D eigenvalue weighted by atomic mass is 10.4. The van der Waals surface area contributed by atoms with Crippen molar-refractivity contribution in [2.45, 2.75) is 25.7 Å². The summed E-state index contributed by atoms with van der Waals surface area (Å²) in [6.07, 6.45) is -0.868. The molecule has 6 nitrogen and oxygen atoms in total. The van der Waals surface area contributed by atoms with Crippen LogP contribution in [0.4, 0.5) is 0 Å². The summed E-state index contributed by atoms with van der Waals surface area (Å²) in [6.45, 7) is 3.50. The fourth-order valence-corrected chi connectivity index (χ4v) is 5.60. The molecular formula is C6H18O6Si2. The van der Waals surface area contributed by atoms with E-state index in [9.17, 15) is 9.59 Å². The quantitative estimate of drug-likeness (QED) is 0.429. The lowest BCUT2D eigenvalue weighted by Gasteiger charge is -2.29. The molecule has 0 aromatic carbocycles. The summed E-state index contributed by atoms with van der Waals surface area (Å²) in [5.41, 5.74) is 0. The number of hydrogen-bond donors (Lipinski definition) is 4. The first-order valence-electron chi connectivity index (χ1n) is 4.24. The normalized spacial score (nSPS) is 17.1. The highest BCUT2D eigenvalue weighted by atomic mass is 28.5. The molecule has 0 aromatic rings. The molecule has 0 aliphatic rings. The molecule has 0 amide bonds. The van der Waals surface area contributed by atoms with Crippen LogP contribution in [-0.4, -0.2) is 56.5 Å². The van der Waals surface area contributed by atoms with E-state index >= 15 is 0 Å². The van der Waals surface area contributed by atoms with E-state index < -0.39 is 36.7 Å². The third kappa shape index (κ3) is 6.62. The molecule has 0 rings (SSSR count). The van der Waals surface area contributed by atoms with Crippen molar-refractivity contribution in [1.29, 1.82) is 0 Å². The van der Waals surface area contributed by atoms with E-state index in [2.05, 4.69) is 0 Å². The van der Waals surface area contributed by atoms with E-state index in [1.165, 1.54) is 19.6 Å². The summed E-state index contributed by atoms with van der Waals surface area (Å²) in [7, 11) is -6.31. The summed E-state index contributed by atoms with van der Waals surface area (Å²) in [5, 5.41) is 17.4. The fraction of sp³-hybridized carbons (Fsp3) is 1.00. The van der Waals surface area contributed by atoms with Crippen molar-refractivity contribution >= 4 is 17.4 Å². The van der Waals surface area contributed by atoms with Crippen LogP contribution in [0.15, 0.2) is 0 Å². The van der Waals surface area contributed by atoms with Gasteiger partial charge in [0.1, 0.15) is 0 Å². The maximum atomic E-state index is 9.63. The van der Waals surface area contributed by atoms with Crippen molar-refractivity contribution in [2.75, 3.05) is 13.2 Å². The monoisotopic (exact) mass is 242 g/mol. The molecular weight excluding hydrogens is 224 g/mol. The molecule has 0 aliphatic carbocycles. The Balaban J connectivity index is 4.18. The standard InChI is InChI=1S/C6H18O6Si2/c1-13(2,9)12-14(3,10)11-6(4-7)5-8/h6-10H,4-5H2,1-3H3. The highest BCUT2D eigenvalue weighted by Gasteiger charge is 2.39. The van der Waals surface area contributed by atoms with Gasteiger partial charge in [0.05, 0.1) is 19.3 Å². The minimum atomic E-state index is -3.45. The third-order valence-corrected chi connectivity index (χ3v) is 5.52. The van der Waals surface area contributed by atoms with Crippen molar-refractivity contribution in [3.63, 3.8) is 0 Å². The van der Waals surface area contributed by atoms with Gasteiger partial charge in [-0.3, -0.25) is 0 Å². The smallest absolute Gasteiger partial charge is 0.411 e. The van der Waals surface area contributed by atoms with Crippen molar-refractivity contribution in [3.05, 3.63) is 0 Å². The largest absolute Gasteiger partial charge is 0.486 e. The second-order valence-electron chi connectivity index (χ2n) is 3.55. The Morgan fingerprint density at radius 1 is 1.07 bits per heavy atom. The summed E-state index contributed by atoms with van der Waals surface area (Å²) in [6, 6.07) is 0. The number of aliphatic hydroxyl groups excluding tert-OH is 2. The van der Waals surface area contributed by atoms with Gasteiger partial charge in [-0.05, 0) is 13.1 Å². The lowest BCUT2D eigenvalue weighted by Crippen LogP contribution is -2.52. The van der Waals surface area contributed by atoms with Crippen LogP contribution in [0.2, 0.25) is 19.6 Å². The second-order valence-corrected chi connectivity index (χ2v) is 9.29. The molecule has 8 heteroatoms. The van der Waals surface area contributed by atoms with Gasteiger partial charge < -0.3 is 28.3 Å². The zero-order valence-corrected chi connectivity index (χ0v) is 10.6. The van der Waals surface area contributed by atoms with Gasteiger partial charge in [-0.2, -0.15) is 0 Å². The molecule has 4 N–H and O–H groups in total. The van der Waals surface area contributed by atoms with Gasteiger partial charge in [0, 0.05) is 6.55 Å². The molecule has 1 unspecified atom stereocenters. The van der Waals surface area contributed by atoms with Crippen LogP contribution in [0.3, 0.4) is 0 Å². The molecule has 0 bridgehead atoms. The average Bonchev–Trinajstić information content (AvgIpc) is 1.95. The Morgan fingerprint density at radius 2 is 1.50 bits per heavy atom. The first-order chi connectivity index (χ1) is 6.20. The Kier molecular flexibility index (Phi) is 5.40. The first kappa shape index (κ1) is 14.2. The van der Waals surface area contributed by atoms with E-state index in [-0.39, 0.29) is 0 Å². The highest BCUT2D eigenvalue weighted by Crippen LogP contribution is 2.12. The highest BCUT2D eigenvalue weighted by molar-refractivity contribution is 6.75. The van der Waals surface area contributed by atoms with E-state index in [0.717, 1.165) is 0 Å². The predicted octanol–water partition coefficient (Wildman–Crippen LogP) is -1.37. The minimum absolute atomic E-state index is 0.406. The molecule has 0 heterocycles. The summed E-state index contributed by atoms with van der Waals surface area (Å²) < 4.78 is 9.96. The summed E-state index contributed by atoms with van der Waals surface area (Å²) >= 11 is 0. The zero-order valence-electron chi connectivity index (χ0n) is 8.60. The predicted molar refractivity (Wildman–Crippen MR) is 53.7 cm³/mol. The topological polar surface area (TPSA) is 99.4 Å². The maximum Gasteiger partial charge on any atom is 0.486 e. The van der Waals surface area contributed by atoms with Gasteiger partial charge in [0.2, 0.25) is 0 Å². The number of rotatable bonds is 6. The van der Waals surface area contributed by atoms with E-state index in [1.807, 2.05) is 0 Å². The van der Waals surface area contributed by atoms with Gasteiger partial charge >= 0.3 is 17.4 Å². The van der Waals surface area contributed by atoms with Crippen LogP contribution in [0.5, 0.6) is 0 Å². The first-order valence-corrected chi connectivity index (χ1v) is 9.36. The number of hydrogen-bond acceptors (Lipinski definition) is 6. The summed E-state index contributed by atoms with van der Waals surface area (Å²) in [5.74, 6) is 0. The van der Waals surface area contributed by atoms with Gasteiger partial charge in [0.25, 0.3) is 0 Å².